The van der Waals surface area contributed by atoms with Crippen molar-refractivity contribution in [2.45, 2.75) is 40.0 Å². The molecule has 1 heterocycles. The van der Waals surface area contributed by atoms with Crippen molar-refractivity contribution in [3.05, 3.63) is 0 Å². The molecule has 0 bridgehead atoms. The van der Waals surface area contributed by atoms with Crippen LogP contribution in [-0.2, 0) is 0 Å². The van der Waals surface area contributed by atoms with Gasteiger partial charge in [-0.3, -0.25) is 0 Å². The quantitative estimate of drug-likeness (QED) is 0.549. The van der Waals surface area contributed by atoms with Crippen LogP contribution in [0.3, 0.4) is 0 Å². The first-order valence-electron chi connectivity index (χ1n) is 4.52. The summed E-state index contributed by atoms with van der Waals surface area (Å²) in [5.41, 5.74) is 0. The van der Waals surface area contributed by atoms with E-state index in [1.165, 1.54) is 32.4 Å². The average molecular weight is 143 g/mol. The van der Waals surface area contributed by atoms with E-state index in [0.717, 1.165) is 5.92 Å². The highest BCUT2D eigenvalue weighted by Crippen LogP contribution is 2.06. The maximum Gasteiger partial charge on any atom is -0.00231 e. The Labute approximate surface area is 65.2 Å². The number of piperidine rings is 1. The zero-order valence-corrected chi connectivity index (χ0v) is 7.61. The fourth-order valence-corrected chi connectivity index (χ4v) is 1.03. The van der Waals surface area contributed by atoms with Gasteiger partial charge in [-0.15, -0.1) is 0 Å². The van der Waals surface area contributed by atoms with Crippen molar-refractivity contribution in [1.82, 2.24) is 5.32 Å². The van der Waals surface area contributed by atoms with Gasteiger partial charge in [-0.2, -0.15) is 0 Å². The standard InChI is InChI=1S/C6H13N.C3H8/c1-6-3-2-4-7-5-6;1-3-2/h6-7H,2-5H2,1H3;3H2,1-2H3. The van der Waals surface area contributed by atoms with Gasteiger partial charge in [-0.1, -0.05) is 27.2 Å². The maximum absolute atomic E-state index is 3.33. The Morgan fingerprint density at radius 2 is 2.00 bits per heavy atom. The number of hydrogen-bond donors (Lipinski definition) is 1. The Morgan fingerprint density at radius 1 is 1.40 bits per heavy atom. The minimum absolute atomic E-state index is 0.925. The van der Waals surface area contributed by atoms with E-state index in [2.05, 4.69) is 26.1 Å². The van der Waals surface area contributed by atoms with Gasteiger partial charge in [0, 0.05) is 0 Å². The zero-order chi connectivity index (χ0) is 7.82. The Kier molecular flexibility index (Phi) is 7.04. The molecule has 1 atom stereocenters. The summed E-state index contributed by atoms with van der Waals surface area (Å²) in [5, 5.41) is 3.33. The molecule has 0 spiro atoms. The molecule has 1 fully saturated rings. The molecule has 1 rings (SSSR count). The third-order valence-electron chi connectivity index (χ3n) is 1.54. The molecule has 1 aliphatic heterocycles. The number of hydrogen-bond acceptors (Lipinski definition) is 1. The van der Waals surface area contributed by atoms with E-state index < -0.39 is 0 Å². The SMILES string of the molecule is CC1CCCNC1.CCC. The highest BCUT2D eigenvalue weighted by molar-refractivity contribution is 4.63. The molecule has 0 radical (unpaired) electrons. The van der Waals surface area contributed by atoms with Crippen LogP contribution in [0.15, 0.2) is 0 Å². The fourth-order valence-electron chi connectivity index (χ4n) is 1.03. The van der Waals surface area contributed by atoms with Gasteiger partial charge >= 0.3 is 0 Å². The van der Waals surface area contributed by atoms with Gasteiger partial charge in [0.05, 0.1) is 0 Å². The van der Waals surface area contributed by atoms with Crippen molar-refractivity contribution in [3.8, 4) is 0 Å². The summed E-state index contributed by atoms with van der Waals surface area (Å²) < 4.78 is 0. The highest BCUT2D eigenvalue weighted by Gasteiger charge is 2.04. The van der Waals surface area contributed by atoms with Crippen LogP contribution in [0.5, 0.6) is 0 Å². The lowest BCUT2D eigenvalue weighted by molar-refractivity contribution is 0.405. The molecule has 0 amide bonds. The Hall–Kier alpha value is -0.0400. The van der Waals surface area contributed by atoms with Gasteiger partial charge in [0.2, 0.25) is 0 Å². The summed E-state index contributed by atoms with van der Waals surface area (Å²) in [6.45, 7) is 9.02. The third kappa shape index (κ3) is 6.09. The van der Waals surface area contributed by atoms with Crippen LogP contribution in [0.25, 0.3) is 0 Å². The normalized spacial score (nSPS) is 24.9. The highest BCUT2D eigenvalue weighted by atomic mass is 14.9. The molecule has 0 aliphatic carbocycles. The molecule has 1 nitrogen and oxygen atoms in total. The molecule has 1 aliphatic rings. The summed E-state index contributed by atoms with van der Waals surface area (Å²) in [6, 6.07) is 0. The molecule has 1 heteroatoms. The van der Waals surface area contributed by atoms with E-state index in [0.29, 0.717) is 0 Å². The van der Waals surface area contributed by atoms with Crippen LogP contribution >= 0.6 is 0 Å². The second kappa shape index (κ2) is 7.07. The van der Waals surface area contributed by atoms with Gasteiger partial charge in [0.15, 0.2) is 0 Å². The van der Waals surface area contributed by atoms with E-state index in [1.807, 2.05) is 0 Å². The van der Waals surface area contributed by atoms with Crippen LogP contribution in [0.2, 0.25) is 0 Å². The summed E-state index contributed by atoms with van der Waals surface area (Å²) in [6.07, 6.45) is 4.05. The van der Waals surface area contributed by atoms with Crippen molar-refractivity contribution >= 4 is 0 Å². The Balaban J connectivity index is 0.000000236. The molecule has 62 valence electrons. The van der Waals surface area contributed by atoms with E-state index in [4.69, 9.17) is 0 Å². The van der Waals surface area contributed by atoms with Crippen LogP contribution in [0.1, 0.15) is 40.0 Å². The second-order valence-electron chi connectivity index (χ2n) is 3.16. The summed E-state index contributed by atoms with van der Waals surface area (Å²) in [7, 11) is 0. The van der Waals surface area contributed by atoms with Gasteiger partial charge in [-0.05, 0) is 31.8 Å². The molecule has 1 N–H and O–H groups in total. The maximum atomic E-state index is 3.33. The van der Waals surface area contributed by atoms with Crippen molar-refractivity contribution in [2.75, 3.05) is 13.1 Å². The lowest BCUT2D eigenvalue weighted by Crippen LogP contribution is -2.27. The molecular weight excluding hydrogens is 122 g/mol. The molecule has 0 aromatic rings. The van der Waals surface area contributed by atoms with Crippen LogP contribution < -0.4 is 5.32 Å². The molecule has 0 saturated carbocycles. The Bertz CT molecular complexity index is 55.7. The zero-order valence-electron chi connectivity index (χ0n) is 7.61. The minimum Gasteiger partial charge on any atom is -0.316 e. The largest absolute Gasteiger partial charge is 0.316 e. The molecule has 1 unspecified atom stereocenters. The van der Waals surface area contributed by atoms with Crippen molar-refractivity contribution in [3.63, 3.8) is 0 Å². The molecule has 0 aromatic heterocycles. The molecule has 0 aromatic carbocycles. The van der Waals surface area contributed by atoms with Gasteiger partial charge in [-0.25, -0.2) is 0 Å². The smallest absolute Gasteiger partial charge is 0.00231 e. The lowest BCUT2D eigenvalue weighted by atomic mass is 10.0. The molecule has 10 heavy (non-hydrogen) atoms. The van der Waals surface area contributed by atoms with Crippen LogP contribution in [0, 0.1) is 5.92 Å². The van der Waals surface area contributed by atoms with E-state index in [-0.39, 0.29) is 0 Å². The monoisotopic (exact) mass is 143 g/mol. The fraction of sp³-hybridized carbons (Fsp3) is 1.00. The van der Waals surface area contributed by atoms with Crippen molar-refractivity contribution in [2.24, 2.45) is 5.92 Å². The van der Waals surface area contributed by atoms with E-state index in [9.17, 15) is 0 Å². The first-order chi connectivity index (χ1) is 4.81. The van der Waals surface area contributed by atoms with E-state index >= 15 is 0 Å². The van der Waals surface area contributed by atoms with Crippen LogP contribution in [0.4, 0.5) is 0 Å². The molecule has 1 saturated heterocycles. The number of rotatable bonds is 0. The second-order valence-corrected chi connectivity index (χ2v) is 3.16. The summed E-state index contributed by atoms with van der Waals surface area (Å²) in [4.78, 5) is 0. The van der Waals surface area contributed by atoms with Crippen LogP contribution in [-0.4, -0.2) is 13.1 Å². The Morgan fingerprint density at radius 3 is 2.20 bits per heavy atom. The first-order valence-corrected chi connectivity index (χ1v) is 4.52. The van der Waals surface area contributed by atoms with Crippen molar-refractivity contribution in [1.29, 1.82) is 0 Å². The predicted octanol–water partition coefficient (Wildman–Crippen LogP) is 2.42. The van der Waals surface area contributed by atoms with Gasteiger partial charge < -0.3 is 5.32 Å². The lowest BCUT2D eigenvalue weighted by Gasteiger charge is -2.17. The topological polar surface area (TPSA) is 12.0 Å². The first kappa shape index (κ1) is 9.96. The number of nitrogens with one attached hydrogen (secondary N) is 1. The van der Waals surface area contributed by atoms with E-state index in [1.54, 1.807) is 0 Å². The van der Waals surface area contributed by atoms with Gasteiger partial charge in [0.1, 0.15) is 0 Å². The third-order valence-corrected chi connectivity index (χ3v) is 1.54. The minimum atomic E-state index is 0.925. The summed E-state index contributed by atoms with van der Waals surface area (Å²) >= 11 is 0. The summed E-state index contributed by atoms with van der Waals surface area (Å²) in [5.74, 6) is 0.925. The van der Waals surface area contributed by atoms with Crippen molar-refractivity contribution < 1.29 is 0 Å². The molecular formula is C9H21N. The van der Waals surface area contributed by atoms with Gasteiger partial charge in [0.25, 0.3) is 0 Å². The average Bonchev–Trinajstić information content (AvgIpc) is 1.91. The predicted molar refractivity (Wildman–Crippen MR) is 47.2 cm³/mol.